The van der Waals surface area contributed by atoms with Crippen molar-refractivity contribution in [3.05, 3.63) is 0 Å². The van der Waals surface area contributed by atoms with E-state index in [4.69, 9.17) is 4.79 Å². The van der Waals surface area contributed by atoms with Crippen molar-refractivity contribution in [3.63, 3.8) is 0 Å². The first-order valence-corrected chi connectivity index (χ1v) is 6.58. The van der Waals surface area contributed by atoms with Crippen LogP contribution in [0.2, 0.25) is 0 Å². The molecule has 0 aromatic heterocycles. The quantitative estimate of drug-likeness (QED) is 0.350. The lowest BCUT2D eigenvalue weighted by Gasteiger charge is -2.24. The van der Waals surface area contributed by atoms with Gasteiger partial charge in [0.05, 0.1) is 7.11 Å². The second-order valence-corrected chi connectivity index (χ2v) is 5.28. The molecule has 0 saturated heterocycles. The summed E-state index contributed by atoms with van der Waals surface area (Å²) in [7, 11) is 1.31. The lowest BCUT2D eigenvalue weighted by molar-refractivity contribution is -0.169. The second-order valence-electron chi connectivity index (χ2n) is 5.28. The van der Waals surface area contributed by atoms with Gasteiger partial charge in [0.1, 0.15) is 0 Å². The van der Waals surface area contributed by atoms with Crippen LogP contribution >= 0.6 is 0 Å². The Kier molecular flexibility index (Phi) is 11.6. The highest BCUT2D eigenvalue weighted by Gasteiger charge is 2.32. The van der Waals surface area contributed by atoms with Crippen molar-refractivity contribution in [2.45, 2.75) is 52.2 Å². The molecule has 1 aliphatic carbocycles. The van der Waals surface area contributed by atoms with E-state index in [-0.39, 0.29) is 0 Å². The lowest BCUT2D eigenvalue weighted by Crippen LogP contribution is -2.26. The van der Waals surface area contributed by atoms with Crippen molar-refractivity contribution in [2.24, 2.45) is 17.8 Å². The van der Waals surface area contributed by atoms with Crippen molar-refractivity contribution in [3.8, 4) is 12.8 Å². The van der Waals surface area contributed by atoms with Crippen molar-refractivity contribution in [1.29, 1.82) is 0 Å². The van der Waals surface area contributed by atoms with Crippen molar-refractivity contribution < 1.29 is 19.7 Å². The second kappa shape index (κ2) is 10.8. The average Bonchev–Trinajstić information content (AvgIpc) is 2.51. The zero-order chi connectivity index (χ0) is 15.5. The van der Waals surface area contributed by atoms with Gasteiger partial charge in [0.25, 0.3) is 6.47 Å². The topological polar surface area (TPSA) is 66.8 Å². The molecule has 0 bridgehead atoms. The van der Waals surface area contributed by atoms with Gasteiger partial charge < -0.3 is 14.9 Å². The van der Waals surface area contributed by atoms with Crippen LogP contribution in [0.4, 0.5) is 0 Å². The molecule has 2 atom stereocenters. The minimum atomic E-state index is -1.39. The van der Waals surface area contributed by atoms with Gasteiger partial charge in [0.15, 0.2) is 5.79 Å². The zero-order valence-electron chi connectivity index (χ0n) is 12.5. The third kappa shape index (κ3) is 9.52. The van der Waals surface area contributed by atoms with Crippen LogP contribution in [0.3, 0.4) is 0 Å². The largest absolute Gasteiger partial charge is 0.471 e. The monoisotopic (exact) mass is 272 g/mol. The number of terminal acetylenes is 1. The maximum absolute atomic E-state index is 9.53. The molecular formula is C15H28O4. The summed E-state index contributed by atoms with van der Waals surface area (Å²) in [6.07, 6.45) is 11.0. The summed E-state index contributed by atoms with van der Waals surface area (Å²) < 4.78 is 3.86. The van der Waals surface area contributed by atoms with E-state index < -0.39 is 5.79 Å². The third-order valence-electron chi connectivity index (χ3n) is 3.56. The fraction of sp³-hybridized carbons (Fsp3) is 0.800. The third-order valence-corrected chi connectivity index (χ3v) is 3.56. The first-order chi connectivity index (χ1) is 8.84. The Morgan fingerprint density at radius 2 is 1.68 bits per heavy atom. The molecule has 112 valence electrons. The maximum Gasteiger partial charge on any atom is 0.292 e. The summed E-state index contributed by atoms with van der Waals surface area (Å²) in [5.74, 6) is 0.545. The van der Waals surface area contributed by atoms with Gasteiger partial charge in [-0.3, -0.25) is 4.79 Å². The number of hydrogen-bond donors (Lipinski definition) is 2. The predicted molar refractivity (Wildman–Crippen MR) is 76.1 cm³/mol. The molecule has 0 spiro atoms. The fourth-order valence-electron chi connectivity index (χ4n) is 2.47. The number of hydrogen-bond acceptors (Lipinski definition) is 4. The maximum atomic E-state index is 9.53. The highest BCUT2D eigenvalue weighted by molar-refractivity contribution is 5.36. The van der Waals surface area contributed by atoms with Crippen molar-refractivity contribution in [1.82, 2.24) is 0 Å². The number of rotatable bonds is 2. The molecule has 0 aromatic carbocycles. The van der Waals surface area contributed by atoms with Crippen LogP contribution in [0.15, 0.2) is 0 Å². The number of aliphatic hydroxyl groups is 2. The number of carbonyl (C=O) groups excluding carboxylic acids is 1. The van der Waals surface area contributed by atoms with E-state index in [0.29, 0.717) is 37.1 Å². The van der Waals surface area contributed by atoms with E-state index in [1.54, 1.807) is 0 Å². The Labute approximate surface area is 117 Å². The van der Waals surface area contributed by atoms with Crippen LogP contribution in [0, 0.1) is 30.6 Å². The summed E-state index contributed by atoms with van der Waals surface area (Å²) >= 11 is 0. The summed E-state index contributed by atoms with van der Waals surface area (Å²) in [5.41, 5.74) is 0. The van der Waals surface area contributed by atoms with Gasteiger partial charge in [0.2, 0.25) is 0 Å². The Balaban J connectivity index is 0. The lowest BCUT2D eigenvalue weighted by atomic mass is 9.81. The van der Waals surface area contributed by atoms with Crippen LogP contribution in [0.1, 0.15) is 46.5 Å². The predicted octanol–water partition coefficient (Wildman–Crippen LogP) is 2.19. The van der Waals surface area contributed by atoms with Gasteiger partial charge in [-0.05, 0) is 30.6 Å². The molecule has 4 nitrogen and oxygen atoms in total. The average molecular weight is 272 g/mol. The van der Waals surface area contributed by atoms with Gasteiger partial charge in [0, 0.05) is 12.8 Å². The number of carbonyl (C=O) groups is 1. The van der Waals surface area contributed by atoms with Gasteiger partial charge in [-0.2, -0.15) is 0 Å². The first kappa shape index (κ1) is 20.3. The molecule has 0 aliphatic heterocycles. The van der Waals surface area contributed by atoms with E-state index >= 15 is 0 Å². The summed E-state index contributed by atoms with van der Waals surface area (Å²) in [4.78, 5) is 8.95. The Bertz CT molecular complexity index is 246. The molecule has 2 N–H and O–H groups in total. The molecule has 1 rings (SSSR count). The molecule has 0 aromatic rings. The normalized spacial score (nSPS) is 24.9. The molecule has 0 amide bonds. The van der Waals surface area contributed by atoms with Gasteiger partial charge in [-0.15, -0.1) is 12.8 Å². The van der Waals surface area contributed by atoms with E-state index in [1.807, 2.05) is 0 Å². The van der Waals surface area contributed by atoms with Crippen LogP contribution in [0.5, 0.6) is 0 Å². The van der Waals surface area contributed by atoms with Crippen molar-refractivity contribution >= 4 is 6.47 Å². The molecule has 1 fully saturated rings. The fourth-order valence-corrected chi connectivity index (χ4v) is 2.47. The Morgan fingerprint density at radius 1 is 1.26 bits per heavy atom. The molecule has 0 radical (unpaired) electrons. The molecule has 0 heterocycles. The number of methoxy groups -OCH3 is 1. The Morgan fingerprint density at radius 3 is 2.05 bits per heavy atom. The smallest absolute Gasteiger partial charge is 0.292 e. The van der Waals surface area contributed by atoms with Crippen LogP contribution in [-0.2, 0) is 9.53 Å². The van der Waals surface area contributed by atoms with Crippen LogP contribution in [-0.4, -0.2) is 29.6 Å². The first-order valence-electron chi connectivity index (χ1n) is 6.58. The minimum Gasteiger partial charge on any atom is -0.471 e. The van der Waals surface area contributed by atoms with E-state index in [0.717, 1.165) is 12.8 Å². The summed E-state index contributed by atoms with van der Waals surface area (Å²) in [5, 5.41) is 19.1. The molecule has 1 aliphatic rings. The highest BCUT2D eigenvalue weighted by atomic mass is 16.5. The molecular weight excluding hydrogens is 244 g/mol. The van der Waals surface area contributed by atoms with Crippen LogP contribution in [0.25, 0.3) is 0 Å². The standard InChI is InChI=1S/C11H22O2.C2H4O2.C2H2/c1-8(2)10-5-7-11(12,13)6-4-9(10)3;1-4-2-3;1-2/h8-10,12-13H,4-7H2,1-3H3;2H,1H3;1-2H. The van der Waals surface area contributed by atoms with E-state index in [9.17, 15) is 10.2 Å². The molecule has 2 unspecified atom stereocenters. The van der Waals surface area contributed by atoms with Crippen molar-refractivity contribution in [2.75, 3.05) is 7.11 Å². The van der Waals surface area contributed by atoms with Crippen LogP contribution < -0.4 is 0 Å². The molecule has 4 heteroatoms. The molecule has 1 saturated carbocycles. The minimum absolute atomic E-state index is 0.375. The van der Waals surface area contributed by atoms with Gasteiger partial charge >= 0.3 is 0 Å². The van der Waals surface area contributed by atoms with Gasteiger partial charge in [-0.1, -0.05) is 20.8 Å². The van der Waals surface area contributed by atoms with E-state index in [1.165, 1.54) is 7.11 Å². The summed E-state index contributed by atoms with van der Waals surface area (Å²) in [6.45, 7) is 7.05. The van der Waals surface area contributed by atoms with Gasteiger partial charge in [-0.25, -0.2) is 0 Å². The Hall–Kier alpha value is -1.05. The summed E-state index contributed by atoms with van der Waals surface area (Å²) in [6, 6.07) is 0. The zero-order valence-corrected chi connectivity index (χ0v) is 12.5. The number of ether oxygens (including phenoxy) is 1. The highest BCUT2D eigenvalue weighted by Crippen LogP contribution is 2.36. The molecule has 19 heavy (non-hydrogen) atoms. The SMILES string of the molecule is C#C.CC(C)C1CCC(O)(O)CCC1C.COC=O. The van der Waals surface area contributed by atoms with E-state index in [2.05, 4.69) is 38.4 Å².